The fraction of sp³-hybridized carbons (Fsp3) is 0.250. The summed E-state index contributed by atoms with van der Waals surface area (Å²) in [4.78, 5) is 29.2. The zero-order valence-corrected chi connectivity index (χ0v) is 17.1. The highest BCUT2D eigenvalue weighted by Gasteiger charge is 2.64. The molecule has 2 aliphatic heterocycles. The van der Waals surface area contributed by atoms with E-state index in [2.05, 4.69) is 5.32 Å². The van der Waals surface area contributed by atoms with E-state index in [-0.39, 0.29) is 29.2 Å². The number of hydrogen-bond donors (Lipinski definition) is 1. The molecule has 1 saturated heterocycles. The second-order valence-corrected chi connectivity index (χ2v) is 7.99. The molecule has 2 aliphatic rings. The van der Waals surface area contributed by atoms with Crippen molar-refractivity contribution in [3.05, 3.63) is 83.6 Å². The van der Waals surface area contributed by atoms with Crippen LogP contribution in [0.1, 0.15) is 27.6 Å². The van der Waals surface area contributed by atoms with Crippen molar-refractivity contribution < 1.29 is 23.1 Å². The third-order valence-corrected chi connectivity index (χ3v) is 6.50. The second-order valence-electron chi connectivity index (χ2n) is 7.99. The molecule has 3 heterocycles. The highest BCUT2D eigenvalue weighted by Crippen LogP contribution is 2.56. The van der Waals surface area contributed by atoms with Gasteiger partial charge in [0, 0.05) is 23.7 Å². The molecule has 5 rings (SSSR count). The Balaban J connectivity index is 1.73. The number of hydrogen-bond acceptors (Lipinski definition) is 5. The Morgan fingerprint density at radius 3 is 2.68 bits per heavy atom. The van der Waals surface area contributed by atoms with Crippen molar-refractivity contribution in [2.75, 3.05) is 26.0 Å². The second kappa shape index (κ2) is 7.06. The zero-order valence-electron chi connectivity index (χ0n) is 17.1. The number of amides is 1. The van der Waals surface area contributed by atoms with Gasteiger partial charge in [0.15, 0.2) is 5.76 Å². The van der Waals surface area contributed by atoms with Gasteiger partial charge in [-0.3, -0.25) is 14.5 Å². The van der Waals surface area contributed by atoms with Crippen LogP contribution >= 0.6 is 0 Å². The molecule has 7 heteroatoms. The Morgan fingerprint density at radius 2 is 2.00 bits per heavy atom. The molecule has 1 aromatic heterocycles. The zero-order chi connectivity index (χ0) is 21.8. The SMILES string of the molecule is COc1ccc2c(c1)[C@]1(C(=O)N2)C(C(=O)c2ccco2)[C@@H](c2ccc(F)cc2)CN1C. The van der Waals surface area contributed by atoms with Crippen LogP contribution in [0.3, 0.4) is 0 Å². The number of likely N-dealkylation sites (N-methyl/N-ethyl adjacent to an activating group) is 1. The normalized spacial score (nSPS) is 24.9. The summed E-state index contributed by atoms with van der Waals surface area (Å²) in [6, 6.07) is 14.7. The van der Waals surface area contributed by atoms with Gasteiger partial charge in [0.1, 0.15) is 17.1 Å². The number of fused-ring (bicyclic) bond motifs is 2. The minimum Gasteiger partial charge on any atom is -0.497 e. The highest BCUT2D eigenvalue weighted by atomic mass is 19.1. The number of likely N-dealkylation sites (tertiary alicyclic amines) is 1. The van der Waals surface area contributed by atoms with Crippen LogP contribution in [-0.2, 0) is 10.3 Å². The summed E-state index contributed by atoms with van der Waals surface area (Å²) in [7, 11) is 3.39. The first-order valence-corrected chi connectivity index (χ1v) is 10.0. The van der Waals surface area contributed by atoms with Gasteiger partial charge in [0.25, 0.3) is 0 Å². The molecule has 0 saturated carbocycles. The lowest BCUT2D eigenvalue weighted by molar-refractivity contribution is -0.126. The van der Waals surface area contributed by atoms with E-state index in [4.69, 9.17) is 9.15 Å². The number of carbonyl (C=O) groups excluding carboxylic acids is 2. The molecule has 6 nitrogen and oxygen atoms in total. The van der Waals surface area contributed by atoms with Gasteiger partial charge in [-0.05, 0) is 55.1 Å². The quantitative estimate of drug-likeness (QED) is 0.650. The van der Waals surface area contributed by atoms with Crippen molar-refractivity contribution in [1.29, 1.82) is 0 Å². The van der Waals surface area contributed by atoms with E-state index in [0.29, 0.717) is 23.5 Å². The van der Waals surface area contributed by atoms with Crippen molar-refractivity contribution in [3.63, 3.8) is 0 Å². The van der Waals surface area contributed by atoms with Crippen molar-refractivity contribution >= 4 is 17.4 Å². The Morgan fingerprint density at radius 1 is 1.23 bits per heavy atom. The van der Waals surface area contributed by atoms with E-state index < -0.39 is 11.5 Å². The maximum absolute atomic E-state index is 13.8. The van der Waals surface area contributed by atoms with E-state index >= 15 is 0 Å². The number of halogens is 1. The molecule has 3 atom stereocenters. The van der Waals surface area contributed by atoms with Crippen LogP contribution in [0.2, 0.25) is 0 Å². The Kier molecular flexibility index (Phi) is 4.44. The van der Waals surface area contributed by atoms with Gasteiger partial charge >= 0.3 is 0 Å². The number of ether oxygens (including phenoxy) is 1. The molecule has 1 spiro atoms. The van der Waals surface area contributed by atoms with Crippen LogP contribution in [0.4, 0.5) is 10.1 Å². The lowest BCUT2D eigenvalue weighted by Gasteiger charge is -2.35. The minimum atomic E-state index is -1.24. The number of carbonyl (C=O) groups is 2. The summed E-state index contributed by atoms with van der Waals surface area (Å²) >= 11 is 0. The molecule has 1 fully saturated rings. The lowest BCUT2D eigenvalue weighted by atomic mass is 9.71. The van der Waals surface area contributed by atoms with Crippen LogP contribution in [0.5, 0.6) is 5.75 Å². The number of nitrogens with one attached hydrogen (secondary N) is 1. The first-order valence-electron chi connectivity index (χ1n) is 10.0. The van der Waals surface area contributed by atoms with Gasteiger partial charge in [-0.2, -0.15) is 0 Å². The largest absolute Gasteiger partial charge is 0.497 e. The Hall–Kier alpha value is -3.45. The molecule has 3 aromatic rings. The number of benzene rings is 2. The summed E-state index contributed by atoms with van der Waals surface area (Å²) < 4.78 is 24.4. The standard InChI is InChI=1S/C24H21FN2O4/c1-27-13-17(14-5-7-15(25)8-6-14)21(22(28)20-4-3-11-31-20)24(27)18-12-16(30-2)9-10-19(18)26-23(24)29/h3-12,17,21H,13H2,1-2H3,(H,26,29)/t17-,21?,24-/m1/s1. The third kappa shape index (κ3) is 2.73. The van der Waals surface area contributed by atoms with Crippen LogP contribution < -0.4 is 10.1 Å². The lowest BCUT2D eigenvalue weighted by Crippen LogP contribution is -2.51. The van der Waals surface area contributed by atoms with E-state index in [1.807, 2.05) is 11.9 Å². The molecule has 1 amide bonds. The molecule has 158 valence electrons. The topological polar surface area (TPSA) is 71.8 Å². The predicted octanol–water partition coefficient (Wildman–Crippen LogP) is 3.80. The number of Topliss-reactive ketones (excluding diaryl/α,β-unsaturated/α-hetero) is 1. The predicted molar refractivity (Wildman–Crippen MR) is 112 cm³/mol. The third-order valence-electron chi connectivity index (χ3n) is 6.50. The van der Waals surface area contributed by atoms with Gasteiger partial charge in [-0.15, -0.1) is 0 Å². The van der Waals surface area contributed by atoms with Crippen LogP contribution in [0, 0.1) is 11.7 Å². The molecule has 2 aromatic carbocycles. The van der Waals surface area contributed by atoms with Gasteiger partial charge in [-0.1, -0.05) is 12.1 Å². The number of ketones is 1. The first-order chi connectivity index (χ1) is 15.0. The molecule has 1 N–H and O–H groups in total. The molecule has 0 radical (unpaired) electrons. The minimum absolute atomic E-state index is 0.191. The number of nitrogens with zero attached hydrogens (tertiary/aromatic N) is 1. The fourth-order valence-electron chi connectivity index (χ4n) is 5.13. The Labute approximate surface area is 178 Å². The summed E-state index contributed by atoms with van der Waals surface area (Å²) in [5.41, 5.74) is 0.884. The van der Waals surface area contributed by atoms with Crippen LogP contribution in [0.15, 0.2) is 65.3 Å². The van der Waals surface area contributed by atoms with Crippen molar-refractivity contribution in [1.82, 2.24) is 4.90 Å². The molecule has 31 heavy (non-hydrogen) atoms. The monoisotopic (exact) mass is 420 g/mol. The van der Waals surface area contributed by atoms with Crippen LogP contribution in [-0.4, -0.2) is 37.3 Å². The number of methoxy groups -OCH3 is 1. The molecule has 0 bridgehead atoms. The summed E-state index contributed by atoms with van der Waals surface area (Å²) in [6.45, 7) is 0.437. The molecular formula is C24H21FN2O4. The van der Waals surface area contributed by atoms with E-state index in [0.717, 1.165) is 5.56 Å². The smallest absolute Gasteiger partial charge is 0.250 e. The summed E-state index contributed by atoms with van der Waals surface area (Å²) in [5.74, 6) is -1.23. The fourth-order valence-corrected chi connectivity index (χ4v) is 5.13. The first kappa shape index (κ1) is 19.5. The van der Waals surface area contributed by atoms with Crippen molar-refractivity contribution in [2.24, 2.45) is 5.92 Å². The van der Waals surface area contributed by atoms with E-state index in [1.54, 1.807) is 49.6 Å². The van der Waals surface area contributed by atoms with E-state index in [9.17, 15) is 14.0 Å². The highest BCUT2D eigenvalue weighted by molar-refractivity contribution is 6.11. The number of rotatable bonds is 4. The maximum Gasteiger partial charge on any atom is 0.250 e. The number of anilines is 1. The maximum atomic E-state index is 13.8. The molecule has 0 aliphatic carbocycles. The summed E-state index contributed by atoms with van der Waals surface area (Å²) in [5, 5.41) is 2.94. The van der Waals surface area contributed by atoms with Gasteiger partial charge in [-0.25, -0.2) is 4.39 Å². The van der Waals surface area contributed by atoms with Gasteiger partial charge in [0.2, 0.25) is 11.7 Å². The van der Waals surface area contributed by atoms with Gasteiger partial charge < -0.3 is 14.5 Å². The number of furan rings is 1. The average Bonchev–Trinajstić information content (AvgIpc) is 3.47. The van der Waals surface area contributed by atoms with Crippen molar-refractivity contribution in [2.45, 2.75) is 11.5 Å². The molecule has 1 unspecified atom stereocenters. The van der Waals surface area contributed by atoms with E-state index in [1.165, 1.54) is 18.4 Å². The summed E-state index contributed by atoms with van der Waals surface area (Å²) in [6.07, 6.45) is 1.44. The average molecular weight is 420 g/mol. The van der Waals surface area contributed by atoms with Crippen molar-refractivity contribution in [3.8, 4) is 5.75 Å². The van der Waals surface area contributed by atoms with Crippen LogP contribution in [0.25, 0.3) is 0 Å². The Bertz CT molecular complexity index is 1160. The molecular weight excluding hydrogens is 399 g/mol. The van der Waals surface area contributed by atoms with Gasteiger partial charge in [0.05, 0.1) is 19.3 Å².